The average Bonchev–Trinajstić information content (AvgIpc) is 2.55. The Morgan fingerprint density at radius 1 is 1.14 bits per heavy atom. The molecular formula is C17H20ClNO3. The fourth-order valence-electron chi connectivity index (χ4n) is 2.27. The Bertz CT molecular complexity index is 604. The third-order valence-electron chi connectivity index (χ3n) is 3.36. The molecule has 0 bridgehead atoms. The van der Waals surface area contributed by atoms with Crippen molar-refractivity contribution < 1.29 is 14.6 Å². The molecule has 0 fully saturated rings. The van der Waals surface area contributed by atoms with Crippen LogP contribution in [0.15, 0.2) is 42.5 Å². The highest BCUT2D eigenvalue weighted by Gasteiger charge is 2.12. The van der Waals surface area contributed by atoms with Crippen LogP contribution in [0.3, 0.4) is 0 Å². The number of aliphatic hydroxyl groups excluding tert-OH is 1. The van der Waals surface area contributed by atoms with Crippen molar-refractivity contribution in [1.82, 2.24) is 5.32 Å². The summed E-state index contributed by atoms with van der Waals surface area (Å²) in [6.07, 6.45) is -0.562. The van der Waals surface area contributed by atoms with Gasteiger partial charge < -0.3 is 19.9 Å². The van der Waals surface area contributed by atoms with E-state index in [1.165, 1.54) is 0 Å². The van der Waals surface area contributed by atoms with Crippen LogP contribution in [0.2, 0.25) is 5.02 Å². The number of hydrogen-bond donors (Lipinski definition) is 2. The normalized spacial score (nSPS) is 12.0. The van der Waals surface area contributed by atoms with Gasteiger partial charge in [-0.25, -0.2) is 0 Å². The highest BCUT2D eigenvalue weighted by atomic mass is 35.5. The van der Waals surface area contributed by atoms with Gasteiger partial charge in [0.2, 0.25) is 0 Å². The first kappa shape index (κ1) is 16.6. The lowest BCUT2D eigenvalue weighted by atomic mass is 10.1. The molecule has 0 heterocycles. The molecule has 0 unspecified atom stereocenters. The van der Waals surface area contributed by atoms with Gasteiger partial charge >= 0.3 is 0 Å². The molecule has 0 aliphatic heterocycles. The molecule has 0 spiro atoms. The zero-order valence-corrected chi connectivity index (χ0v) is 13.4. The SMILES string of the molecule is COc1cc(Cl)cc(CNC[C@H](O)c2ccccc2)c1OC. The van der Waals surface area contributed by atoms with Gasteiger partial charge in [0.15, 0.2) is 11.5 Å². The minimum absolute atomic E-state index is 0.433. The monoisotopic (exact) mass is 321 g/mol. The summed E-state index contributed by atoms with van der Waals surface area (Å²) < 4.78 is 10.6. The molecule has 2 N–H and O–H groups in total. The summed E-state index contributed by atoms with van der Waals surface area (Å²) in [7, 11) is 3.17. The van der Waals surface area contributed by atoms with Crippen LogP contribution in [-0.4, -0.2) is 25.9 Å². The van der Waals surface area contributed by atoms with E-state index < -0.39 is 6.10 Å². The zero-order chi connectivity index (χ0) is 15.9. The fourth-order valence-corrected chi connectivity index (χ4v) is 2.50. The predicted molar refractivity (Wildman–Crippen MR) is 87.7 cm³/mol. The van der Waals surface area contributed by atoms with Gasteiger partial charge in [-0.3, -0.25) is 0 Å². The quantitative estimate of drug-likeness (QED) is 0.822. The van der Waals surface area contributed by atoms with E-state index in [-0.39, 0.29) is 0 Å². The number of methoxy groups -OCH3 is 2. The topological polar surface area (TPSA) is 50.7 Å². The smallest absolute Gasteiger partial charge is 0.165 e. The Balaban J connectivity index is 2.01. The molecule has 0 radical (unpaired) electrons. The summed E-state index contributed by atoms with van der Waals surface area (Å²) in [6.45, 7) is 0.950. The van der Waals surface area contributed by atoms with Gasteiger partial charge in [-0.2, -0.15) is 0 Å². The zero-order valence-electron chi connectivity index (χ0n) is 12.7. The number of hydrogen-bond acceptors (Lipinski definition) is 4. The van der Waals surface area contributed by atoms with Crippen LogP contribution < -0.4 is 14.8 Å². The number of ether oxygens (including phenoxy) is 2. The van der Waals surface area contributed by atoms with Crippen LogP contribution in [-0.2, 0) is 6.54 Å². The summed E-state index contributed by atoms with van der Waals surface area (Å²) >= 11 is 6.08. The van der Waals surface area contributed by atoms with Crippen LogP contribution in [0.1, 0.15) is 17.2 Å². The third kappa shape index (κ3) is 4.13. The van der Waals surface area contributed by atoms with Gasteiger partial charge in [0.05, 0.1) is 20.3 Å². The van der Waals surface area contributed by atoms with E-state index in [0.717, 1.165) is 11.1 Å². The molecule has 0 aliphatic carbocycles. The van der Waals surface area contributed by atoms with E-state index in [1.807, 2.05) is 36.4 Å². The highest BCUT2D eigenvalue weighted by molar-refractivity contribution is 6.30. The average molecular weight is 322 g/mol. The number of rotatable bonds is 7. The molecule has 2 aromatic carbocycles. The Labute approximate surface area is 135 Å². The predicted octanol–water partition coefficient (Wildman–Crippen LogP) is 3.18. The van der Waals surface area contributed by atoms with Crippen molar-refractivity contribution in [3.8, 4) is 11.5 Å². The van der Waals surface area contributed by atoms with Gasteiger partial charge in [-0.1, -0.05) is 41.9 Å². The van der Waals surface area contributed by atoms with Gasteiger partial charge in [0.1, 0.15) is 0 Å². The molecule has 0 amide bonds. The summed E-state index contributed by atoms with van der Waals surface area (Å²) in [6, 6.07) is 13.1. The van der Waals surface area contributed by atoms with Crippen molar-refractivity contribution in [2.45, 2.75) is 12.6 Å². The van der Waals surface area contributed by atoms with Crippen LogP contribution in [0.4, 0.5) is 0 Å². The molecule has 0 aromatic heterocycles. The van der Waals surface area contributed by atoms with Crippen LogP contribution in [0.25, 0.3) is 0 Å². The minimum atomic E-state index is -0.562. The van der Waals surface area contributed by atoms with Crippen LogP contribution >= 0.6 is 11.6 Å². The first-order chi connectivity index (χ1) is 10.7. The molecule has 22 heavy (non-hydrogen) atoms. The summed E-state index contributed by atoms with van der Waals surface area (Å²) in [5.74, 6) is 1.24. The summed E-state index contributed by atoms with van der Waals surface area (Å²) in [5.41, 5.74) is 1.76. The second-order valence-electron chi connectivity index (χ2n) is 4.86. The van der Waals surface area contributed by atoms with Gasteiger partial charge in [0.25, 0.3) is 0 Å². The maximum Gasteiger partial charge on any atom is 0.165 e. The molecule has 0 saturated carbocycles. The number of nitrogens with one attached hydrogen (secondary N) is 1. The van der Waals surface area contributed by atoms with Crippen molar-refractivity contribution in [3.05, 3.63) is 58.6 Å². The van der Waals surface area contributed by atoms with Crippen molar-refractivity contribution in [1.29, 1.82) is 0 Å². The molecule has 1 atom stereocenters. The molecular weight excluding hydrogens is 302 g/mol. The number of aliphatic hydroxyl groups is 1. The lowest BCUT2D eigenvalue weighted by Gasteiger charge is -2.16. The Hall–Kier alpha value is -1.75. The van der Waals surface area contributed by atoms with E-state index in [0.29, 0.717) is 29.6 Å². The maximum atomic E-state index is 10.1. The third-order valence-corrected chi connectivity index (χ3v) is 3.58. The summed E-state index contributed by atoms with van der Waals surface area (Å²) in [4.78, 5) is 0. The first-order valence-electron chi connectivity index (χ1n) is 6.99. The van der Waals surface area contributed by atoms with Crippen LogP contribution in [0.5, 0.6) is 11.5 Å². The van der Waals surface area contributed by atoms with E-state index in [2.05, 4.69) is 5.32 Å². The van der Waals surface area contributed by atoms with Gasteiger partial charge in [-0.15, -0.1) is 0 Å². The first-order valence-corrected chi connectivity index (χ1v) is 7.37. The minimum Gasteiger partial charge on any atom is -0.493 e. The van der Waals surface area contributed by atoms with Crippen molar-refractivity contribution in [2.75, 3.05) is 20.8 Å². The second-order valence-corrected chi connectivity index (χ2v) is 5.29. The molecule has 2 rings (SSSR count). The Morgan fingerprint density at radius 3 is 2.50 bits per heavy atom. The molecule has 4 nitrogen and oxygen atoms in total. The molecule has 5 heteroatoms. The Kier molecular flexibility index (Phi) is 6.07. The van der Waals surface area contributed by atoms with Crippen LogP contribution in [0, 0.1) is 0 Å². The van der Waals surface area contributed by atoms with E-state index >= 15 is 0 Å². The number of benzene rings is 2. The maximum absolute atomic E-state index is 10.1. The van der Waals surface area contributed by atoms with E-state index in [1.54, 1.807) is 20.3 Å². The Morgan fingerprint density at radius 2 is 1.86 bits per heavy atom. The van der Waals surface area contributed by atoms with E-state index in [9.17, 15) is 5.11 Å². The fraction of sp³-hybridized carbons (Fsp3) is 0.294. The lowest BCUT2D eigenvalue weighted by Crippen LogP contribution is -2.21. The van der Waals surface area contributed by atoms with Gasteiger partial charge in [-0.05, 0) is 11.6 Å². The molecule has 0 saturated heterocycles. The highest BCUT2D eigenvalue weighted by Crippen LogP contribution is 2.34. The standard InChI is InChI=1S/C17H20ClNO3/c1-21-16-9-14(18)8-13(17(16)22-2)10-19-11-15(20)12-6-4-3-5-7-12/h3-9,15,19-20H,10-11H2,1-2H3/t15-/m0/s1. The second kappa shape index (κ2) is 8.03. The van der Waals surface area contributed by atoms with Crippen molar-refractivity contribution >= 4 is 11.6 Å². The van der Waals surface area contributed by atoms with Crippen molar-refractivity contribution in [2.24, 2.45) is 0 Å². The molecule has 118 valence electrons. The molecule has 2 aromatic rings. The van der Waals surface area contributed by atoms with Gasteiger partial charge in [0, 0.05) is 29.7 Å². The lowest BCUT2D eigenvalue weighted by molar-refractivity contribution is 0.174. The molecule has 0 aliphatic rings. The number of halogens is 1. The van der Waals surface area contributed by atoms with E-state index in [4.69, 9.17) is 21.1 Å². The largest absolute Gasteiger partial charge is 0.493 e. The van der Waals surface area contributed by atoms with Crippen molar-refractivity contribution in [3.63, 3.8) is 0 Å². The summed E-state index contributed by atoms with van der Waals surface area (Å²) in [5, 5.41) is 13.9.